The van der Waals surface area contributed by atoms with Crippen molar-refractivity contribution >= 4 is 27.6 Å². The van der Waals surface area contributed by atoms with E-state index in [1.54, 1.807) is 0 Å². The van der Waals surface area contributed by atoms with Gasteiger partial charge in [-0.1, -0.05) is 5.10 Å². The second-order valence-corrected chi connectivity index (χ2v) is 4.83. The molecule has 9 heteroatoms. The Balaban J connectivity index is 2.26. The van der Waals surface area contributed by atoms with Crippen LogP contribution in [0.15, 0.2) is 4.42 Å². The lowest BCUT2D eigenvalue weighted by molar-refractivity contribution is 0.525. The molecule has 0 amide bonds. The largest absolute Gasteiger partial charge is 0.407 e. The van der Waals surface area contributed by atoms with Gasteiger partial charge in [-0.15, -0.1) is 16.7 Å². The Bertz CT molecular complexity index is 404. The fraction of sp³-hybridized carbons (Fsp3) is 0.667. The molecule has 86 valence electrons. The van der Waals surface area contributed by atoms with E-state index in [2.05, 4.69) is 20.2 Å². The molecule has 15 heavy (non-hydrogen) atoms. The van der Waals surface area contributed by atoms with E-state index in [0.717, 1.165) is 6.26 Å². The molecule has 0 fully saturated rings. The summed E-state index contributed by atoms with van der Waals surface area (Å²) in [7, 11) is -3.16. The van der Waals surface area contributed by atoms with E-state index in [4.69, 9.17) is 16.0 Å². The fourth-order valence-electron chi connectivity index (χ4n) is 0.785. The minimum atomic E-state index is -3.16. The zero-order valence-electron chi connectivity index (χ0n) is 8.03. The highest BCUT2D eigenvalue weighted by molar-refractivity contribution is 7.88. The summed E-state index contributed by atoms with van der Waals surface area (Å²) in [5, 5.41) is 9.99. The van der Waals surface area contributed by atoms with Crippen LogP contribution in [0.25, 0.3) is 0 Å². The molecule has 0 saturated heterocycles. The summed E-state index contributed by atoms with van der Waals surface area (Å²) in [6, 6.07) is 0.223. The van der Waals surface area contributed by atoms with Crippen LogP contribution in [-0.4, -0.2) is 38.0 Å². The van der Waals surface area contributed by atoms with Crippen LogP contribution >= 0.6 is 11.6 Å². The van der Waals surface area contributed by atoms with Crippen molar-refractivity contribution < 1.29 is 12.8 Å². The first-order valence-corrected chi connectivity index (χ1v) is 6.51. The number of hydrogen-bond acceptors (Lipinski definition) is 6. The van der Waals surface area contributed by atoms with Gasteiger partial charge in [-0.3, -0.25) is 0 Å². The highest BCUT2D eigenvalue weighted by Gasteiger charge is 2.04. The maximum atomic E-state index is 10.7. The maximum Gasteiger partial charge on any atom is 0.315 e. The van der Waals surface area contributed by atoms with Gasteiger partial charge in [0, 0.05) is 13.1 Å². The van der Waals surface area contributed by atoms with Crippen molar-refractivity contribution in [2.75, 3.05) is 24.7 Å². The molecule has 0 atom stereocenters. The molecule has 7 nitrogen and oxygen atoms in total. The van der Waals surface area contributed by atoms with Crippen LogP contribution in [-0.2, 0) is 15.9 Å². The molecular weight excluding hydrogens is 244 g/mol. The van der Waals surface area contributed by atoms with Crippen molar-refractivity contribution in [3.05, 3.63) is 5.89 Å². The third-order valence-electron chi connectivity index (χ3n) is 1.35. The van der Waals surface area contributed by atoms with Crippen LogP contribution in [0.5, 0.6) is 0 Å². The van der Waals surface area contributed by atoms with Gasteiger partial charge in [-0.2, -0.15) is 0 Å². The van der Waals surface area contributed by atoms with E-state index in [1.165, 1.54) is 0 Å². The predicted octanol–water partition coefficient (Wildman–Crippen LogP) is -0.231. The summed E-state index contributed by atoms with van der Waals surface area (Å²) in [5.41, 5.74) is 0. The van der Waals surface area contributed by atoms with Crippen molar-refractivity contribution in [2.45, 2.75) is 5.88 Å². The Morgan fingerprint density at radius 3 is 2.67 bits per heavy atom. The number of nitrogens with zero attached hydrogens (tertiary/aromatic N) is 2. The van der Waals surface area contributed by atoms with E-state index in [1.807, 2.05) is 0 Å². The number of nitrogens with one attached hydrogen (secondary N) is 2. The Kier molecular flexibility index (Phi) is 4.30. The van der Waals surface area contributed by atoms with E-state index in [9.17, 15) is 8.42 Å². The van der Waals surface area contributed by atoms with Gasteiger partial charge in [0.25, 0.3) is 0 Å². The van der Waals surface area contributed by atoms with Crippen molar-refractivity contribution in [3.8, 4) is 0 Å². The van der Waals surface area contributed by atoms with Crippen LogP contribution in [0.4, 0.5) is 6.01 Å². The highest BCUT2D eigenvalue weighted by Crippen LogP contribution is 2.06. The summed E-state index contributed by atoms with van der Waals surface area (Å²) in [6.45, 7) is 0.606. The van der Waals surface area contributed by atoms with Crippen molar-refractivity contribution in [3.63, 3.8) is 0 Å². The Hall–Kier alpha value is -0.860. The molecule has 1 heterocycles. The van der Waals surface area contributed by atoms with Gasteiger partial charge < -0.3 is 9.73 Å². The Labute approximate surface area is 92.3 Å². The number of sulfonamides is 1. The first kappa shape index (κ1) is 12.2. The van der Waals surface area contributed by atoms with E-state index < -0.39 is 10.0 Å². The topological polar surface area (TPSA) is 97.1 Å². The fourth-order valence-corrected chi connectivity index (χ4v) is 1.37. The van der Waals surface area contributed by atoms with Gasteiger partial charge in [0.15, 0.2) is 0 Å². The minimum absolute atomic E-state index is 0.149. The number of anilines is 1. The quantitative estimate of drug-likeness (QED) is 0.538. The molecule has 1 aromatic rings. The molecule has 0 radical (unpaired) electrons. The summed E-state index contributed by atoms with van der Waals surface area (Å²) in [5.74, 6) is 0.464. The molecule has 0 aliphatic heterocycles. The first-order valence-electron chi connectivity index (χ1n) is 4.08. The van der Waals surface area contributed by atoms with Crippen LogP contribution < -0.4 is 10.0 Å². The van der Waals surface area contributed by atoms with Crippen LogP contribution in [0.2, 0.25) is 0 Å². The molecule has 0 aliphatic carbocycles. The zero-order valence-corrected chi connectivity index (χ0v) is 9.60. The number of alkyl halides is 1. The summed E-state index contributed by atoms with van der Waals surface area (Å²) in [4.78, 5) is 0. The summed E-state index contributed by atoms with van der Waals surface area (Å²) < 4.78 is 28.7. The molecule has 0 spiro atoms. The number of halogens is 1. The lowest BCUT2D eigenvalue weighted by Gasteiger charge is -2.01. The number of hydrogen-bond donors (Lipinski definition) is 2. The van der Waals surface area contributed by atoms with Gasteiger partial charge in [-0.05, 0) is 0 Å². The summed E-state index contributed by atoms with van der Waals surface area (Å²) in [6.07, 6.45) is 1.09. The zero-order chi connectivity index (χ0) is 11.3. The first-order chi connectivity index (χ1) is 7.01. The molecule has 0 aromatic carbocycles. The molecule has 1 aromatic heterocycles. The normalized spacial score (nSPS) is 11.6. The van der Waals surface area contributed by atoms with E-state index >= 15 is 0 Å². The molecule has 0 unspecified atom stereocenters. The molecule has 2 N–H and O–H groups in total. The van der Waals surface area contributed by atoms with Crippen molar-refractivity contribution in [1.29, 1.82) is 0 Å². The van der Waals surface area contributed by atoms with Gasteiger partial charge in [0.05, 0.1) is 6.26 Å². The minimum Gasteiger partial charge on any atom is -0.407 e. The second kappa shape index (κ2) is 5.29. The molecular formula is C6H11ClN4O3S. The highest BCUT2D eigenvalue weighted by atomic mass is 35.5. The Morgan fingerprint density at radius 1 is 1.40 bits per heavy atom. The van der Waals surface area contributed by atoms with Gasteiger partial charge in [0.1, 0.15) is 5.88 Å². The van der Waals surface area contributed by atoms with Crippen molar-refractivity contribution in [2.24, 2.45) is 0 Å². The lowest BCUT2D eigenvalue weighted by Crippen LogP contribution is -2.27. The molecule has 1 rings (SSSR count). The average molecular weight is 255 g/mol. The SMILES string of the molecule is CS(=O)(=O)NCCNc1nnc(CCl)o1. The predicted molar refractivity (Wildman–Crippen MR) is 55.2 cm³/mol. The third-order valence-corrected chi connectivity index (χ3v) is 2.30. The average Bonchev–Trinajstić information content (AvgIpc) is 2.59. The maximum absolute atomic E-state index is 10.7. The standard InChI is InChI=1S/C6H11ClN4O3S/c1-15(12,13)9-3-2-8-6-11-10-5(4-7)14-6/h9H,2-4H2,1H3,(H,8,11). The smallest absolute Gasteiger partial charge is 0.315 e. The Morgan fingerprint density at radius 2 is 2.13 bits per heavy atom. The third kappa shape index (κ3) is 4.96. The van der Waals surface area contributed by atoms with Crippen LogP contribution in [0, 0.1) is 0 Å². The van der Waals surface area contributed by atoms with Gasteiger partial charge in [-0.25, -0.2) is 13.1 Å². The van der Waals surface area contributed by atoms with E-state index in [0.29, 0.717) is 12.4 Å². The monoisotopic (exact) mass is 254 g/mol. The van der Waals surface area contributed by atoms with E-state index in [-0.39, 0.29) is 18.4 Å². The lowest BCUT2D eigenvalue weighted by atomic mass is 10.6. The van der Waals surface area contributed by atoms with Crippen molar-refractivity contribution in [1.82, 2.24) is 14.9 Å². The van der Waals surface area contributed by atoms with Crippen LogP contribution in [0.1, 0.15) is 5.89 Å². The van der Waals surface area contributed by atoms with Gasteiger partial charge >= 0.3 is 6.01 Å². The molecule has 0 aliphatic rings. The van der Waals surface area contributed by atoms with Crippen LogP contribution in [0.3, 0.4) is 0 Å². The number of rotatable bonds is 6. The number of aromatic nitrogens is 2. The van der Waals surface area contributed by atoms with Gasteiger partial charge in [0.2, 0.25) is 15.9 Å². The molecule has 0 saturated carbocycles. The molecule has 0 bridgehead atoms. The summed E-state index contributed by atoms with van der Waals surface area (Å²) >= 11 is 5.45. The second-order valence-electron chi connectivity index (χ2n) is 2.73.